The van der Waals surface area contributed by atoms with Crippen molar-refractivity contribution in [3.05, 3.63) is 18.2 Å². The first-order valence-corrected chi connectivity index (χ1v) is 6.77. The Balaban J connectivity index is 2.00. The van der Waals surface area contributed by atoms with Crippen LogP contribution in [0.4, 0.5) is 11.6 Å². The van der Waals surface area contributed by atoms with Crippen molar-refractivity contribution in [3.8, 4) is 0 Å². The largest absolute Gasteiger partial charge is 0.370 e. The van der Waals surface area contributed by atoms with Gasteiger partial charge in [-0.15, -0.1) is 0 Å². The molecule has 2 N–H and O–H groups in total. The van der Waals surface area contributed by atoms with E-state index >= 15 is 0 Å². The summed E-state index contributed by atoms with van der Waals surface area (Å²) in [7, 11) is 0. The Bertz CT molecular complexity index is 353. The van der Waals surface area contributed by atoms with Gasteiger partial charge in [0, 0.05) is 12.1 Å². The zero-order valence-corrected chi connectivity index (χ0v) is 10.9. The van der Waals surface area contributed by atoms with Gasteiger partial charge in [0.1, 0.15) is 11.6 Å². The third-order valence-corrected chi connectivity index (χ3v) is 3.69. The lowest BCUT2D eigenvalue weighted by Gasteiger charge is -2.42. The first-order chi connectivity index (χ1) is 8.28. The molecule has 0 aromatic carbocycles. The minimum Gasteiger partial charge on any atom is -0.370 e. The van der Waals surface area contributed by atoms with Crippen molar-refractivity contribution in [1.29, 1.82) is 0 Å². The molecular weight excluding hydrogens is 210 g/mol. The first-order valence-electron chi connectivity index (χ1n) is 6.77. The molecule has 1 aromatic rings. The Kier molecular flexibility index (Phi) is 3.87. The Morgan fingerprint density at radius 3 is 2.59 bits per heavy atom. The minimum absolute atomic E-state index is 0.316. The number of rotatable bonds is 6. The lowest BCUT2D eigenvalue weighted by molar-refractivity contribution is 0.269. The zero-order chi connectivity index (χ0) is 12.1. The number of nitrogens with one attached hydrogen (secondary N) is 2. The zero-order valence-electron chi connectivity index (χ0n) is 10.9. The smallest absolute Gasteiger partial charge is 0.128 e. The molecule has 0 saturated heterocycles. The lowest BCUT2D eigenvalue weighted by atomic mass is 9.75. The number of pyridine rings is 1. The van der Waals surface area contributed by atoms with Crippen molar-refractivity contribution < 1.29 is 0 Å². The van der Waals surface area contributed by atoms with Gasteiger partial charge in [-0.2, -0.15) is 0 Å². The van der Waals surface area contributed by atoms with E-state index in [0.29, 0.717) is 5.54 Å². The molecule has 3 heteroatoms. The van der Waals surface area contributed by atoms with Crippen molar-refractivity contribution in [1.82, 2.24) is 4.98 Å². The van der Waals surface area contributed by atoms with Gasteiger partial charge in [0.2, 0.25) is 0 Å². The monoisotopic (exact) mass is 233 g/mol. The highest BCUT2D eigenvalue weighted by Gasteiger charge is 2.35. The maximum absolute atomic E-state index is 4.60. The average Bonchev–Trinajstić information content (AvgIpc) is 2.32. The van der Waals surface area contributed by atoms with Crippen LogP contribution in [-0.4, -0.2) is 17.1 Å². The van der Waals surface area contributed by atoms with Gasteiger partial charge >= 0.3 is 0 Å². The Morgan fingerprint density at radius 1 is 1.24 bits per heavy atom. The third kappa shape index (κ3) is 2.90. The summed E-state index contributed by atoms with van der Waals surface area (Å²) in [5.74, 6) is 1.98. The van der Waals surface area contributed by atoms with E-state index in [1.807, 2.05) is 6.07 Å². The maximum atomic E-state index is 4.60. The molecule has 94 valence electrons. The summed E-state index contributed by atoms with van der Waals surface area (Å²) in [5.41, 5.74) is 0.316. The van der Waals surface area contributed by atoms with Crippen LogP contribution in [0.3, 0.4) is 0 Å². The van der Waals surface area contributed by atoms with Crippen LogP contribution in [0.2, 0.25) is 0 Å². The molecule has 1 saturated carbocycles. The molecule has 0 unspecified atom stereocenters. The Morgan fingerprint density at radius 2 is 2.00 bits per heavy atom. The van der Waals surface area contributed by atoms with Crippen LogP contribution in [0, 0.1) is 0 Å². The second-order valence-corrected chi connectivity index (χ2v) is 4.95. The van der Waals surface area contributed by atoms with Crippen LogP contribution in [-0.2, 0) is 0 Å². The molecule has 1 aliphatic rings. The van der Waals surface area contributed by atoms with Gasteiger partial charge in [0.25, 0.3) is 0 Å². The van der Waals surface area contributed by atoms with Gasteiger partial charge in [0.05, 0.1) is 0 Å². The van der Waals surface area contributed by atoms with E-state index in [0.717, 1.165) is 24.6 Å². The molecule has 0 aliphatic heterocycles. The molecule has 17 heavy (non-hydrogen) atoms. The number of aromatic nitrogens is 1. The standard InChI is InChI=1S/C14H23N3/c1-3-11-15-12-7-5-8-13(16-12)17-14(4-2)9-6-10-14/h5,7-8H,3-4,6,9-11H2,1-2H3,(H2,15,16,17). The van der Waals surface area contributed by atoms with E-state index in [9.17, 15) is 0 Å². The van der Waals surface area contributed by atoms with E-state index in [4.69, 9.17) is 0 Å². The van der Waals surface area contributed by atoms with Crippen LogP contribution in [0.5, 0.6) is 0 Å². The predicted molar refractivity (Wildman–Crippen MR) is 73.5 cm³/mol. The van der Waals surface area contributed by atoms with E-state index < -0.39 is 0 Å². The molecule has 0 radical (unpaired) electrons. The molecule has 0 spiro atoms. The van der Waals surface area contributed by atoms with Gasteiger partial charge in [-0.05, 0) is 44.2 Å². The topological polar surface area (TPSA) is 37.0 Å². The molecule has 1 heterocycles. The van der Waals surface area contributed by atoms with Crippen LogP contribution in [0.1, 0.15) is 46.0 Å². The van der Waals surface area contributed by atoms with Crippen molar-refractivity contribution in [2.24, 2.45) is 0 Å². The van der Waals surface area contributed by atoms with E-state index in [1.165, 1.54) is 25.7 Å². The minimum atomic E-state index is 0.316. The number of anilines is 2. The van der Waals surface area contributed by atoms with Crippen molar-refractivity contribution >= 4 is 11.6 Å². The van der Waals surface area contributed by atoms with Gasteiger partial charge in [-0.3, -0.25) is 0 Å². The molecule has 2 rings (SSSR count). The first kappa shape index (κ1) is 12.2. The van der Waals surface area contributed by atoms with Crippen LogP contribution >= 0.6 is 0 Å². The summed E-state index contributed by atoms with van der Waals surface area (Å²) in [5, 5.41) is 6.93. The fraction of sp³-hybridized carbons (Fsp3) is 0.643. The molecule has 3 nitrogen and oxygen atoms in total. The predicted octanol–water partition coefficient (Wildman–Crippen LogP) is 3.65. The highest BCUT2D eigenvalue weighted by molar-refractivity contribution is 5.47. The Hall–Kier alpha value is -1.25. The lowest BCUT2D eigenvalue weighted by Crippen LogP contribution is -2.44. The summed E-state index contributed by atoms with van der Waals surface area (Å²) in [6, 6.07) is 6.16. The maximum Gasteiger partial charge on any atom is 0.128 e. The van der Waals surface area contributed by atoms with Crippen LogP contribution in [0.15, 0.2) is 18.2 Å². The van der Waals surface area contributed by atoms with Gasteiger partial charge < -0.3 is 10.6 Å². The summed E-state index contributed by atoms with van der Waals surface area (Å²) in [4.78, 5) is 4.60. The highest BCUT2D eigenvalue weighted by atomic mass is 15.1. The van der Waals surface area contributed by atoms with Crippen molar-refractivity contribution in [3.63, 3.8) is 0 Å². The molecule has 1 aliphatic carbocycles. The van der Waals surface area contributed by atoms with Crippen molar-refractivity contribution in [2.45, 2.75) is 51.5 Å². The highest BCUT2D eigenvalue weighted by Crippen LogP contribution is 2.37. The van der Waals surface area contributed by atoms with E-state index in [2.05, 4.69) is 41.6 Å². The summed E-state index contributed by atoms with van der Waals surface area (Å²) >= 11 is 0. The fourth-order valence-electron chi connectivity index (χ4n) is 2.30. The van der Waals surface area contributed by atoms with Gasteiger partial charge in [-0.25, -0.2) is 4.98 Å². The second kappa shape index (κ2) is 5.39. The molecule has 0 amide bonds. The summed E-state index contributed by atoms with van der Waals surface area (Å²) in [6.07, 6.45) is 6.20. The van der Waals surface area contributed by atoms with Gasteiger partial charge in [0.15, 0.2) is 0 Å². The van der Waals surface area contributed by atoms with Gasteiger partial charge in [-0.1, -0.05) is 19.9 Å². The van der Waals surface area contributed by atoms with E-state index in [-0.39, 0.29) is 0 Å². The molecular formula is C14H23N3. The molecule has 0 bridgehead atoms. The average molecular weight is 233 g/mol. The fourth-order valence-corrected chi connectivity index (χ4v) is 2.30. The summed E-state index contributed by atoms with van der Waals surface area (Å²) in [6.45, 7) is 5.40. The normalized spacial score (nSPS) is 17.3. The van der Waals surface area contributed by atoms with Crippen LogP contribution in [0.25, 0.3) is 0 Å². The molecule has 0 atom stereocenters. The number of hydrogen-bond acceptors (Lipinski definition) is 3. The van der Waals surface area contributed by atoms with E-state index in [1.54, 1.807) is 0 Å². The summed E-state index contributed by atoms with van der Waals surface area (Å²) < 4.78 is 0. The van der Waals surface area contributed by atoms with Crippen molar-refractivity contribution in [2.75, 3.05) is 17.2 Å². The number of nitrogens with zero attached hydrogens (tertiary/aromatic N) is 1. The molecule has 1 aromatic heterocycles. The SMILES string of the molecule is CCCNc1cccc(NC2(CC)CCC2)n1. The third-order valence-electron chi connectivity index (χ3n) is 3.69. The quantitative estimate of drug-likeness (QED) is 0.787. The van der Waals surface area contributed by atoms with Crippen LogP contribution < -0.4 is 10.6 Å². The number of hydrogen-bond donors (Lipinski definition) is 2. The Labute approximate surface area is 104 Å². The second-order valence-electron chi connectivity index (χ2n) is 4.95. The molecule has 1 fully saturated rings.